The number of anilines is 3. The molecule has 0 fully saturated rings. The number of carbonyl (C=O) groups excluding carboxylic acids is 1. The molecule has 4 nitrogen and oxygen atoms in total. The fourth-order valence-corrected chi connectivity index (χ4v) is 2.45. The molecule has 2 aromatic rings. The fraction of sp³-hybridized carbons (Fsp3) is 0.250. The van der Waals surface area contributed by atoms with Crippen LogP contribution in [0, 0.1) is 0 Å². The van der Waals surface area contributed by atoms with Crippen LogP contribution in [0.4, 0.5) is 17.2 Å². The van der Waals surface area contributed by atoms with E-state index >= 15 is 0 Å². The average molecular weight is 267 g/mol. The first-order valence-corrected chi connectivity index (χ1v) is 6.89. The Morgan fingerprint density at radius 3 is 2.90 bits per heavy atom. The Kier molecular flexibility index (Phi) is 3.37. The van der Waals surface area contributed by atoms with Crippen molar-refractivity contribution >= 4 is 23.1 Å². The van der Waals surface area contributed by atoms with Crippen LogP contribution in [0.2, 0.25) is 0 Å². The Labute approximate surface area is 118 Å². The van der Waals surface area contributed by atoms with Crippen LogP contribution < -0.4 is 10.2 Å². The summed E-state index contributed by atoms with van der Waals surface area (Å²) < 4.78 is 0. The molecule has 1 aromatic carbocycles. The first-order chi connectivity index (χ1) is 9.78. The van der Waals surface area contributed by atoms with Crippen molar-refractivity contribution in [1.29, 1.82) is 0 Å². The molecular formula is C16H17N3O. The summed E-state index contributed by atoms with van der Waals surface area (Å²) in [5.74, 6) is 0.926. The molecule has 102 valence electrons. The standard InChI is InChI=1S/C16H17N3O/c1-2-16(20)18-13-7-8-15(17-11-13)19-10-9-12-5-3-4-6-14(12)19/h3-8,11H,2,9-10H2,1H3,(H,18,20). The largest absolute Gasteiger partial charge is 0.326 e. The zero-order valence-corrected chi connectivity index (χ0v) is 11.5. The van der Waals surface area contributed by atoms with Crippen molar-refractivity contribution in [2.75, 3.05) is 16.8 Å². The highest BCUT2D eigenvalue weighted by Crippen LogP contribution is 2.33. The van der Waals surface area contributed by atoms with Gasteiger partial charge in [-0.2, -0.15) is 0 Å². The number of aromatic nitrogens is 1. The summed E-state index contributed by atoms with van der Waals surface area (Å²) in [5, 5.41) is 2.81. The maximum Gasteiger partial charge on any atom is 0.224 e. The van der Waals surface area contributed by atoms with E-state index in [9.17, 15) is 4.79 Å². The number of pyridine rings is 1. The number of amides is 1. The zero-order chi connectivity index (χ0) is 13.9. The summed E-state index contributed by atoms with van der Waals surface area (Å²) in [5.41, 5.74) is 3.33. The Balaban J connectivity index is 1.81. The number of fused-ring (bicyclic) bond motifs is 1. The zero-order valence-electron chi connectivity index (χ0n) is 11.5. The third kappa shape index (κ3) is 2.37. The van der Waals surface area contributed by atoms with Gasteiger partial charge in [0, 0.05) is 18.7 Å². The van der Waals surface area contributed by atoms with Gasteiger partial charge in [0.1, 0.15) is 5.82 Å². The topological polar surface area (TPSA) is 45.2 Å². The van der Waals surface area contributed by atoms with Crippen LogP contribution >= 0.6 is 0 Å². The van der Waals surface area contributed by atoms with Crippen LogP contribution in [-0.4, -0.2) is 17.4 Å². The lowest BCUT2D eigenvalue weighted by molar-refractivity contribution is -0.115. The molecule has 0 atom stereocenters. The van der Waals surface area contributed by atoms with Crippen molar-refractivity contribution in [2.24, 2.45) is 0 Å². The minimum absolute atomic E-state index is 0.00562. The van der Waals surface area contributed by atoms with Crippen molar-refractivity contribution < 1.29 is 4.79 Å². The summed E-state index contributed by atoms with van der Waals surface area (Å²) >= 11 is 0. The van der Waals surface area contributed by atoms with E-state index in [1.165, 1.54) is 11.3 Å². The van der Waals surface area contributed by atoms with Crippen molar-refractivity contribution in [3.8, 4) is 0 Å². The van der Waals surface area contributed by atoms with Gasteiger partial charge in [-0.1, -0.05) is 25.1 Å². The Bertz CT molecular complexity index is 622. The second-order valence-corrected chi connectivity index (χ2v) is 4.84. The molecule has 0 saturated heterocycles. The van der Waals surface area contributed by atoms with Gasteiger partial charge >= 0.3 is 0 Å². The average Bonchev–Trinajstić information content (AvgIpc) is 2.92. The van der Waals surface area contributed by atoms with E-state index < -0.39 is 0 Å². The molecule has 0 aliphatic carbocycles. The van der Waals surface area contributed by atoms with E-state index in [0.717, 1.165) is 24.5 Å². The van der Waals surface area contributed by atoms with Gasteiger partial charge in [-0.25, -0.2) is 4.98 Å². The number of benzene rings is 1. The molecule has 3 rings (SSSR count). The predicted octanol–water partition coefficient (Wildman–Crippen LogP) is 3.12. The van der Waals surface area contributed by atoms with Crippen molar-refractivity contribution in [2.45, 2.75) is 19.8 Å². The van der Waals surface area contributed by atoms with Crippen LogP contribution in [0.25, 0.3) is 0 Å². The number of nitrogens with zero attached hydrogens (tertiary/aromatic N) is 2. The molecule has 1 N–H and O–H groups in total. The summed E-state index contributed by atoms with van der Waals surface area (Å²) in [6.07, 6.45) is 3.23. The third-order valence-corrected chi connectivity index (χ3v) is 3.52. The van der Waals surface area contributed by atoms with Gasteiger partial charge in [0.15, 0.2) is 0 Å². The van der Waals surface area contributed by atoms with E-state index in [1.807, 2.05) is 25.1 Å². The highest BCUT2D eigenvalue weighted by atomic mass is 16.1. The van der Waals surface area contributed by atoms with Crippen molar-refractivity contribution in [3.63, 3.8) is 0 Å². The molecule has 0 saturated carbocycles. The highest BCUT2D eigenvalue weighted by Gasteiger charge is 2.20. The van der Waals surface area contributed by atoms with Gasteiger partial charge in [-0.3, -0.25) is 4.79 Å². The minimum Gasteiger partial charge on any atom is -0.326 e. The van der Waals surface area contributed by atoms with Crippen LogP contribution in [0.3, 0.4) is 0 Å². The molecule has 0 bridgehead atoms. The van der Waals surface area contributed by atoms with Crippen molar-refractivity contribution in [1.82, 2.24) is 4.98 Å². The van der Waals surface area contributed by atoms with Crippen LogP contribution in [0.1, 0.15) is 18.9 Å². The molecule has 4 heteroatoms. The monoisotopic (exact) mass is 267 g/mol. The fourth-order valence-electron chi connectivity index (χ4n) is 2.45. The number of nitrogens with one attached hydrogen (secondary N) is 1. The molecule has 0 radical (unpaired) electrons. The second kappa shape index (κ2) is 5.33. The quantitative estimate of drug-likeness (QED) is 0.929. The molecule has 0 unspecified atom stereocenters. The number of para-hydroxylation sites is 1. The SMILES string of the molecule is CCC(=O)Nc1ccc(N2CCc3ccccc32)nc1. The first kappa shape index (κ1) is 12.7. The Hall–Kier alpha value is -2.36. The van der Waals surface area contributed by atoms with E-state index in [2.05, 4.69) is 33.4 Å². The van der Waals surface area contributed by atoms with Gasteiger partial charge in [-0.05, 0) is 30.2 Å². The van der Waals surface area contributed by atoms with Crippen LogP contribution in [0.5, 0.6) is 0 Å². The normalized spacial score (nSPS) is 13.2. The van der Waals surface area contributed by atoms with E-state index in [0.29, 0.717) is 6.42 Å². The molecule has 0 spiro atoms. The summed E-state index contributed by atoms with van der Waals surface area (Å²) in [6.45, 7) is 2.78. The number of hydrogen-bond acceptors (Lipinski definition) is 3. The maximum atomic E-state index is 11.3. The van der Waals surface area contributed by atoms with Gasteiger partial charge < -0.3 is 10.2 Å². The Morgan fingerprint density at radius 1 is 1.30 bits per heavy atom. The summed E-state index contributed by atoms with van der Waals surface area (Å²) in [6, 6.07) is 12.2. The lowest BCUT2D eigenvalue weighted by Gasteiger charge is -2.18. The third-order valence-electron chi connectivity index (χ3n) is 3.52. The van der Waals surface area contributed by atoms with Gasteiger partial charge in [0.25, 0.3) is 0 Å². The maximum absolute atomic E-state index is 11.3. The van der Waals surface area contributed by atoms with Crippen molar-refractivity contribution in [3.05, 3.63) is 48.2 Å². The lowest BCUT2D eigenvalue weighted by atomic mass is 10.2. The van der Waals surface area contributed by atoms with Crippen LogP contribution in [-0.2, 0) is 11.2 Å². The lowest BCUT2D eigenvalue weighted by Crippen LogP contribution is -2.15. The first-order valence-electron chi connectivity index (χ1n) is 6.89. The molecule has 1 amide bonds. The molecule has 2 heterocycles. The van der Waals surface area contributed by atoms with E-state index in [-0.39, 0.29) is 5.91 Å². The molecule has 1 aliphatic rings. The smallest absolute Gasteiger partial charge is 0.224 e. The van der Waals surface area contributed by atoms with Crippen LogP contribution in [0.15, 0.2) is 42.6 Å². The predicted molar refractivity (Wildman–Crippen MR) is 80.3 cm³/mol. The van der Waals surface area contributed by atoms with E-state index in [4.69, 9.17) is 0 Å². The molecular weight excluding hydrogens is 250 g/mol. The molecule has 20 heavy (non-hydrogen) atoms. The summed E-state index contributed by atoms with van der Waals surface area (Å²) in [7, 11) is 0. The molecule has 1 aromatic heterocycles. The van der Waals surface area contributed by atoms with Gasteiger partial charge in [0.2, 0.25) is 5.91 Å². The highest BCUT2D eigenvalue weighted by molar-refractivity contribution is 5.90. The number of carbonyl (C=O) groups is 1. The number of rotatable bonds is 3. The van der Waals surface area contributed by atoms with E-state index in [1.54, 1.807) is 6.20 Å². The van der Waals surface area contributed by atoms with Gasteiger partial charge in [0.05, 0.1) is 11.9 Å². The molecule has 1 aliphatic heterocycles. The minimum atomic E-state index is 0.00562. The van der Waals surface area contributed by atoms with Gasteiger partial charge in [-0.15, -0.1) is 0 Å². The summed E-state index contributed by atoms with van der Waals surface area (Å²) in [4.78, 5) is 18.0. The Morgan fingerprint density at radius 2 is 2.15 bits per heavy atom. The second-order valence-electron chi connectivity index (χ2n) is 4.84. The number of hydrogen-bond donors (Lipinski definition) is 1.